The Morgan fingerprint density at radius 1 is 1.25 bits per heavy atom. The van der Waals surface area contributed by atoms with Crippen LogP contribution in [0.1, 0.15) is 42.1 Å². The Morgan fingerprint density at radius 3 is 2.94 bits per heavy atom. The maximum absolute atomic E-state index is 12.4. The summed E-state index contributed by atoms with van der Waals surface area (Å²) >= 11 is 0. The molecule has 2 nitrogen and oxygen atoms in total. The van der Waals surface area contributed by atoms with Crippen molar-refractivity contribution >= 4 is 5.91 Å². The second-order valence-corrected chi connectivity index (χ2v) is 5.24. The number of benzene rings is 1. The van der Waals surface area contributed by atoms with Crippen molar-refractivity contribution in [2.45, 2.75) is 38.1 Å². The van der Waals surface area contributed by atoms with Crippen LogP contribution in [-0.4, -0.2) is 22.9 Å². The molecule has 1 aromatic carbocycles. The van der Waals surface area contributed by atoms with Crippen molar-refractivity contribution in [1.82, 2.24) is 4.90 Å². The van der Waals surface area contributed by atoms with Crippen LogP contribution in [0.15, 0.2) is 24.3 Å². The molecule has 1 amide bonds. The fourth-order valence-corrected chi connectivity index (χ4v) is 3.15. The zero-order valence-electron chi connectivity index (χ0n) is 9.70. The van der Waals surface area contributed by atoms with Crippen molar-refractivity contribution in [3.05, 3.63) is 35.4 Å². The van der Waals surface area contributed by atoms with E-state index in [2.05, 4.69) is 17.9 Å². The number of hydrogen-bond acceptors (Lipinski definition) is 1. The summed E-state index contributed by atoms with van der Waals surface area (Å²) < 4.78 is 0. The largest absolute Gasteiger partial charge is 0.333 e. The van der Waals surface area contributed by atoms with E-state index in [-0.39, 0.29) is 11.4 Å². The van der Waals surface area contributed by atoms with Crippen LogP contribution in [0.5, 0.6) is 0 Å². The fourth-order valence-electron chi connectivity index (χ4n) is 3.15. The molecule has 0 N–H and O–H groups in total. The van der Waals surface area contributed by atoms with E-state index in [1.165, 1.54) is 12.0 Å². The predicted molar refractivity (Wildman–Crippen MR) is 63.4 cm³/mol. The Balaban J connectivity index is 2.09. The second-order valence-electron chi connectivity index (χ2n) is 5.24. The minimum atomic E-state index is 0.0731. The molecule has 2 heteroatoms. The van der Waals surface area contributed by atoms with Gasteiger partial charge in [-0.25, -0.2) is 0 Å². The molecule has 1 saturated heterocycles. The summed E-state index contributed by atoms with van der Waals surface area (Å²) in [7, 11) is 0. The first-order chi connectivity index (χ1) is 7.71. The number of rotatable bonds is 0. The lowest BCUT2D eigenvalue weighted by molar-refractivity contribution is 0.0328. The van der Waals surface area contributed by atoms with Gasteiger partial charge in [0, 0.05) is 17.6 Å². The maximum Gasteiger partial charge on any atom is 0.254 e. The summed E-state index contributed by atoms with van der Waals surface area (Å²) in [6, 6.07) is 8.06. The Kier molecular flexibility index (Phi) is 2.06. The summed E-state index contributed by atoms with van der Waals surface area (Å²) in [6.07, 6.45) is 4.58. The number of nitrogens with zero attached hydrogens (tertiary/aromatic N) is 1. The quantitative estimate of drug-likeness (QED) is 0.651. The monoisotopic (exact) mass is 215 g/mol. The van der Waals surface area contributed by atoms with Gasteiger partial charge in [-0.1, -0.05) is 18.2 Å². The smallest absolute Gasteiger partial charge is 0.254 e. The van der Waals surface area contributed by atoms with E-state index in [4.69, 9.17) is 0 Å². The van der Waals surface area contributed by atoms with Gasteiger partial charge in [-0.05, 0) is 44.2 Å². The highest BCUT2D eigenvalue weighted by molar-refractivity contribution is 5.97. The van der Waals surface area contributed by atoms with Crippen molar-refractivity contribution in [2.24, 2.45) is 0 Å². The molecule has 3 rings (SSSR count). The molecule has 1 atom stereocenters. The predicted octanol–water partition coefficient (Wildman–Crippen LogP) is 2.63. The molecule has 84 valence electrons. The van der Waals surface area contributed by atoms with Crippen molar-refractivity contribution in [2.75, 3.05) is 6.54 Å². The summed E-state index contributed by atoms with van der Waals surface area (Å²) in [6.45, 7) is 3.17. The SMILES string of the molecule is CC12CCCCN1C(=O)c1ccccc1C2. The normalized spacial score (nSPS) is 28.6. The zero-order valence-corrected chi connectivity index (χ0v) is 9.70. The maximum atomic E-state index is 12.4. The minimum absolute atomic E-state index is 0.0731. The van der Waals surface area contributed by atoms with Gasteiger partial charge in [0.15, 0.2) is 0 Å². The van der Waals surface area contributed by atoms with Gasteiger partial charge in [0.1, 0.15) is 0 Å². The lowest BCUT2D eigenvalue weighted by Crippen LogP contribution is -2.56. The molecule has 0 aliphatic carbocycles. The van der Waals surface area contributed by atoms with Crippen molar-refractivity contribution < 1.29 is 4.79 Å². The van der Waals surface area contributed by atoms with Gasteiger partial charge < -0.3 is 4.90 Å². The van der Waals surface area contributed by atoms with E-state index in [0.717, 1.165) is 31.4 Å². The molecule has 2 aliphatic heterocycles. The van der Waals surface area contributed by atoms with Crippen LogP contribution in [-0.2, 0) is 6.42 Å². The average Bonchev–Trinajstić information content (AvgIpc) is 2.28. The standard InChI is InChI=1S/C14H17NO/c1-14-8-4-5-9-15(14)13(16)12-7-3-2-6-11(12)10-14/h2-3,6-7H,4-5,8-10H2,1H3. The number of carbonyl (C=O) groups excluding carboxylic acids is 1. The number of hydrogen-bond donors (Lipinski definition) is 0. The topological polar surface area (TPSA) is 20.3 Å². The van der Waals surface area contributed by atoms with Gasteiger partial charge in [0.2, 0.25) is 0 Å². The molecular weight excluding hydrogens is 198 g/mol. The number of fused-ring (bicyclic) bond motifs is 2. The minimum Gasteiger partial charge on any atom is -0.333 e. The van der Waals surface area contributed by atoms with Gasteiger partial charge in [0.05, 0.1) is 0 Å². The van der Waals surface area contributed by atoms with Crippen LogP contribution in [0.2, 0.25) is 0 Å². The molecule has 0 spiro atoms. The first-order valence-electron chi connectivity index (χ1n) is 6.11. The fraction of sp³-hybridized carbons (Fsp3) is 0.500. The summed E-state index contributed by atoms with van der Waals surface area (Å²) in [5, 5.41) is 0. The highest BCUT2D eigenvalue weighted by Crippen LogP contribution is 2.37. The zero-order chi connectivity index (χ0) is 11.2. The first-order valence-corrected chi connectivity index (χ1v) is 6.11. The Labute approximate surface area is 96.3 Å². The molecule has 0 aromatic heterocycles. The van der Waals surface area contributed by atoms with Crippen LogP contribution in [0.25, 0.3) is 0 Å². The Hall–Kier alpha value is -1.31. The molecular formula is C14H17NO. The average molecular weight is 215 g/mol. The van der Waals surface area contributed by atoms with Crippen LogP contribution in [0.3, 0.4) is 0 Å². The molecule has 0 radical (unpaired) electrons. The van der Waals surface area contributed by atoms with Gasteiger partial charge in [0.25, 0.3) is 5.91 Å². The van der Waals surface area contributed by atoms with Gasteiger partial charge in [-0.2, -0.15) is 0 Å². The molecule has 2 aliphatic rings. The molecule has 16 heavy (non-hydrogen) atoms. The molecule has 1 fully saturated rings. The van der Waals surface area contributed by atoms with Crippen LogP contribution >= 0.6 is 0 Å². The molecule has 0 bridgehead atoms. The lowest BCUT2D eigenvalue weighted by atomic mass is 9.78. The first kappa shape index (κ1) is 9.88. The number of piperidine rings is 1. The highest BCUT2D eigenvalue weighted by atomic mass is 16.2. The third-order valence-electron chi connectivity index (χ3n) is 4.06. The van der Waals surface area contributed by atoms with Crippen LogP contribution in [0, 0.1) is 0 Å². The summed E-state index contributed by atoms with van der Waals surface area (Å²) in [5.41, 5.74) is 2.22. The third kappa shape index (κ3) is 1.29. The summed E-state index contributed by atoms with van der Waals surface area (Å²) in [4.78, 5) is 14.5. The van der Waals surface area contributed by atoms with Crippen LogP contribution < -0.4 is 0 Å². The Bertz CT molecular complexity index is 440. The molecule has 1 aromatic rings. The molecule has 2 heterocycles. The van der Waals surface area contributed by atoms with Crippen molar-refractivity contribution in [3.8, 4) is 0 Å². The third-order valence-corrected chi connectivity index (χ3v) is 4.06. The molecule has 1 unspecified atom stereocenters. The second kappa shape index (κ2) is 3.34. The lowest BCUT2D eigenvalue weighted by Gasteiger charge is -2.48. The van der Waals surface area contributed by atoms with E-state index in [1.54, 1.807) is 0 Å². The van der Waals surface area contributed by atoms with Gasteiger partial charge >= 0.3 is 0 Å². The van der Waals surface area contributed by atoms with Gasteiger partial charge in [-0.3, -0.25) is 4.79 Å². The summed E-state index contributed by atoms with van der Waals surface area (Å²) in [5.74, 6) is 0.240. The van der Waals surface area contributed by atoms with E-state index < -0.39 is 0 Å². The Morgan fingerprint density at radius 2 is 2.06 bits per heavy atom. The van der Waals surface area contributed by atoms with Gasteiger partial charge in [-0.15, -0.1) is 0 Å². The van der Waals surface area contributed by atoms with E-state index >= 15 is 0 Å². The van der Waals surface area contributed by atoms with E-state index in [0.29, 0.717) is 0 Å². The van der Waals surface area contributed by atoms with E-state index in [1.807, 2.05) is 18.2 Å². The van der Waals surface area contributed by atoms with E-state index in [9.17, 15) is 4.79 Å². The van der Waals surface area contributed by atoms with Crippen LogP contribution in [0.4, 0.5) is 0 Å². The molecule has 0 saturated carbocycles. The van der Waals surface area contributed by atoms with Crippen molar-refractivity contribution in [1.29, 1.82) is 0 Å². The van der Waals surface area contributed by atoms with Crippen molar-refractivity contribution in [3.63, 3.8) is 0 Å². The highest BCUT2D eigenvalue weighted by Gasteiger charge is 2.42. The number of carbonyl (C=O) groups is 1. The number of amides is 1.